The van der Waals surface area contributed by atoms with Crippen LogP contribution in [0.4, 0.5) is 16.3 Å². The second-order valence-electron chi connectivity index (χ2n) is 6.94. The first-order valence-electron chi connectivity index (χ1n) is 8.02. The van der Waals surface area contributed by atoms with Crippen molar-refractivity contribution in [3.63, 3.8) is 0 Å². The fourth-order valence-corrected chi connectivity index (χ4v) is 2.72. The van der Waals surface area contributed by atoms with E-state index in [-0.39, 0.29) is 11.9 Å². The normalized spacial score (nSPS) is 15.9. The first-order chi connectivity index (χ1) is 11.2. The highest BCUT2D eigenvalue weighted by Gasteiger charge is 2.25. The molecule has 0 saturated carbocycles. The van der Waals surface area contributed by atoms with Crippen molar-refractivity contribution in [3.05, 3.63) is 27.9 Å². The fraction of sp³-hybridized carbons (Fsp3) is 0.625. The van der Waals surface area contributed by atoms with Crippen LogP contribution in [0.3, 0.4) is 0 Å². The molecule has 8 nitrogen and oxygen atoms in total. The number of carbonyl (C=O) groups is 1. The number of piperidine rings is 1. The smallest absolute Gasteiger partial charge is 0.407 e. The molecule has 0 radical (unpaired) electrons. The van der Waals surface area contributed by atoms with Crippen molar-refractivity contribution < 1.29 is 14.5 Å². The Kier molecular flexibility index (Phi) is 5.26. The van der Waals surface area contributed by atoms with Crippen LogP contribution >= 0.6 is 0 Å². The molecule has 1 aliphatic heterocycles. The van der Waals surface area contributed by atoms with Crippen LogP contribution in [0.1, 0.15) is 39.3 Å². The second-order valence-corrected chi connectivity index (χ2v) is 6.94. The molecule has 2 heterocycles. The molecular formula is C16H24N4O4. The predicted octanol–water partition coefficient (Wildman–Crippen LogP) is 2.79. The molecule has 1 amide bonds. The first kappa shape index (κ1) is 18.0. The minimum Gasteiger partial charge on any atom is -0.444 e. The molecule has 1 aromatic heterocycles. The Morgan fingerprint density at radius 1 is 1.38 bits per heavy atom. The van der Waals surface area contributed by atoms with Crippen molar-refractivity contribution in [1.29, 1.82) is 0 Å². The lowest BCUT2D eigenvalue weighted by Gasteiger charge is -2.34. The summed E-state index contributed by atoms with van der Waals surface area (Å²) >= 11 is 0. The summed E-state index contributed by atoms with van der Waals surface area (Å²) in [5.41, 5.74) is 1.03. The van der Waals surface area contributed by atoms with Gasteiger partial charge in [0, 0.05) is 32.1 Å². The van der Waals surface area contributed by atoms with E-state index in [4.69, 9.17) is 4.74 Å². The van der Waals surface area contributed by atoms with Crippen molar-refractivity contribution in [2.75, 3.05) is 18.0 Å². The zero-order valence-electron chi connectivity index (χ0n) is 14.5. The van der Waals surface area contributed by atoms with Crippen LogP contribution in [0, 0.1) is 17.0 Å². The first-order valence-corrected chi connectivity index (χ1v) is 8.02. The maximum Gasteiger partial charge on any atom is 0.407 e. The molecular weight excluding hydrogens is 312 g/mol. The van der Waals surface area contributed by atoms with Crippen LogP contribution in [-0.4, -0.2) is 40.7 Å². The van der Waals surface area contributed by atoms with E-state index >= 15 is 0 Å². The van der Waals surface area contributed by atoms with E-state index in [9.17, 15) is 14.9 Å². The van der Waals surface area contributed by atoms with Gasteiger partial charge in [0.15, 0.2) is 5.69 Å². The molecule has 1 fully saturated rings. The Morgan fingerprint density at radius 2 is 2.00 bits per heavy atom. The van der Waals surface area contributed by atoms with Gasteiger partial charge in [-0.15, -0.1) is 0 Å². The number of amides is 1. The van der Waals surface area contributed by atoms with Gasteiger partial charge < -0.3 is 25.1 Å². The summed E-state index contributed by atoms with van der Waals surface area (Å²) in [5.74, 6) is -0.141. The van der Waals surface area contributed by atoms with Crippen molar-refractivity contribution in [3.8, 4) is 0 Å². The van der Waals surface area contributed by atoms with E-state index < -0.39 is 16.6 Å². The standard InChI is InChI=1S/C16H24N4O4/c1-11-13(5-6-14(17-11)20(22)23)19-9-7-12(8-10-19)18-15(21)24-16(2,3)4/h5-6,12H,7-10H2,1-4H3,(H,18,21). The molecule has 1 aliphatic rings. The van der Waals surface area contributed by atoms with Gasteiger partial charge in [-0.25, -0.2) is 4.79 Å². The highest BCUT2D eigenvalue weighted by molar-refractivity contribution is 5.68. The Hall–Kier alpha value is -2.38. The van der Waals surface area contributed by atoms with Gasteiger partial charge in [-0.05, 0) is 49.6 Å². The summed E-state index contributed by atoms with van der Waals surface area (Å²) in [5, 5.41) is 13.7. The molecule has 8 heteroatoms. The summed E-state index contributed by atoms with van der Waals surface area (Å²) in [6.45, 7) is 8.77. The van der Waals surface area contributed by atoms with Crippen molar-refractivity contribution >= 4 is 17.6 Å². The summed E-state index contributed by atoms with van der Waals surface area (Å²) in [4.78, 5) is 28.2. The van der Waals surface area contributed by atoms with Crippen LogP contribution in [0.25, 0.3) is 0 Å². The lowest BCUT2D eigenvalue weighted by molar-refractivity contribution is -0.389. The van der Waals surface area contributed by atoms with Crippen molar-refractivity contribution in [2.45, 2.75) is 52.2 Å². The number of rotatable bonds is 3. The molecule has 1 aromatic rings. The highest BCUT2D eigenvalue weighted by atomic mass is 16.6. The lowest BCUT2D eigenvalue weighted by atomic mass is 10.0. The predicted molar refractivity (Wildman–Crippen MR) is 90.2 cm³/mol. The SMILES string of the molecule is Cc1nc([N+](=O)[O-])ccc1N1CCC(NC(=O)OC(C)(C)C)CC1. The topological polar surface area (TPSA) is 97.6 Å². The molecule has 0 aromatic carbocycles. The van der Waals surface area contributed by atoms with E-state index in [0.717, 1.165) is 31.6 Å². The summed E-state index contributed by atoms with van der Waals surface area (Å²) < 4.78 is 5.27. The van der Waals surface area contributed by atoms with E-state index in [1.807, 2.05) is 20.8 Å². The Bertz CT molecular complexity index is 619. The number of nitrogens with zero attached hydrogens (tertiary/aromatic N) is 3. The molecule has 24 heavy (non-hydrogen) atoms. The van der Waals surface area contributed by atoms with Gasteiger partial charge in [-0.2, -0.15) is 0 Å². The summed E-state index contributed by atoms with van der Waals surface area (Å²) in [7, 11) is 0. The second kappa shape index (κ2) is 7.02. The monoisotopic (exact) mass is 336 g/mol. The Labute approximate surface area is 141 Å². The van der Waals surface area contributed by atoms with E-state index in [2.05, 4.69) is 15.2 Å². The summed E-state index contributed by atoms with van der Waals surface area (Å²) in [6.07, 6.45) is 1.18. The highest BCUT2D eigenvalue weighted by Crippen LogP contribution is 2.25. The lowest BCUT2D eigenvalue weighted by Crippen LogP contribution is -2.46. The Morgan fingerprint density at radius 3 is 2.50 bits per heavy atom. The van der Waals surface area contributed by atoms with Crippen LogP contribution in [-0.2, 0) is 4.74 Å². The van der Waals surface area contributed by atoms with E-state index in [1.165, 1.54) is 6.07 Å². The van der Waals surface area contributed by atoms with Gasteiger partial charge in [0.05, 0.1) is 5.69 Å². The van der Waals surface area contributed by atoms with Crippen molar-refractivity contribution in [1.82, 2.24) is 10.3 Å². The molecule has 132 valence electrons. The minimum absolute atomic E-state index is 0.0717. The molecule has 0 bridgehead atoms. The molecule has 1 saturated heterocycles. The third-order valence-electron chi connectivity index (χ3n) is 3.79. The number of hydrogen-bond acceptors (Lipinski definition) is 6. The average molecular weight is 336 g/mol. The quantitative estimate of drug-likeness (QED) is 0.673. The number of anilines is 1. The molecule has 0 atom stereocenters. The number of aryl methyl sites for hydroxylation is 1. The minimum atomic E-state index is -0.508. The van der Waals surface area contributed by atoms with Gasteiger partial charge >= 0.3 is 11.9 Å². The van der Waals surface area contributed by atoms with Gasteiger partial charge in [0.1, 0.15) is 5.60 Å². The molecule has 0 unspecified atom stereocenters. The summed E-state index contributed by atoms with van der Waals surface area (Å²) in [6, 6.07) is 3.23. The van der Waals surface area contributed by atoms with Crippen LogP contribution in [0.15, 0.2) is 12.1 Å². The fourth-order valence-electron chi connectivity index (χ4n) is 2.72. The van der Waals surface area contributed by atoms with Crippen LogP contribution in [0.2, 0.25) is 0 Å². The van der Waals surface area contributed by atoms with E-state index in [1.54, 1.807) is 13.0 Å². The zero-order chi connectivity index (χ0) is 17.9. The Balaban J connectivity index is 1.91. The van der Waals surface area contributed by atoms with Gasteiger partial charge in [0.25, 0.3) is 0 Å². The molecule has 0 aliphatic carbocycles. The number of ether oxygens (including phenoxy) is 1. The third kappa shape index (κ3) is 4.81. The van der Waals surface area contributed by atoms with Gasteiger partial charge in [-0.3, -0.25) is 0 Å². The number of aromatic nitrogens is 1. The van der Waals surface area contributed by atoms with Gasteiger partial charge in [0.2, 0.25) is 0 Å². The number of nitro groups is 1. The van der Waals surface area contributed by atoms with Crippen molar-refractivity contribution in [2.24, 2.45) is 0 Å². The van der Waals surface area contributed by atoms with E-state index in [0.29, 0.717) is 5.69 Å². The average Bonchev–Trinajstić information content (AvgIpc) is 2.46. The largest absolute Gasteiger partial charge is 0.444 e. The maximum absolute atomic E-state index is 11.8. The molecule has 1 N–H and O–H groups in total. The molecule has 0 spiro atoms. The van der Waals surface area contributed by atoms with Crippen LogP contribution in [0.5, 0.6) is 0 Å². The zero-order valence-corrected chi connectivity index (χ0v) is 14.5. The number of nitrogens with one attached hydrogen (secondary N) is 1. The maximum atomic E-state index is 11.8. The molecule has 2 rings (SSSR count). The number of carbonyl (C=O) groups excluding carboxylic acids is 1. The number of pyridine rings is 1. The third-order valence-corrected chi connectivity index (χ3v) is 3.79. The number of alkyl carbamates (subject to hydrolysis) is 1. The van der Waals surface area contributed by atoms with Gasteiger partial charge in [-0.1, -0.05) is 0 Å². The van der Waals surface area contributed by atoms with Crippen LogP contribution < -0.4 is 10.2 Å². The number of hydrogen-bond donors (Lipinski definition) is 1.